The second-order valence-corrected chi connectivity index (χ2v) is 5.57. The quantitative estimate of drug-likeness (QED) is 0.738. The van der Waals surface area contributed by atoms with Crippen LogP contribution in [0.4, 0.5) is 4.39 Å². The first-order valence-electron chi connectivity index (χ1n) is 5.64. The van der Waals surface area contributed by atoms with Crippen LogP contribution in [0.15, 0.2) is 23.1 Å². The molecule has 0 aromatic heterocycles. The van der Waals surface area contributed by atoms with Gasteiger partial charge < -0.3 is 0 Å². The molecule has 0 amide bonds. The molecule has 0 aliphatic heterocycles. The Bertz CT molecular complexity index is 397. The molecule has 0 spiro atoms. The van der Waals surface area contributed by atoms with Crippen LogP contribution in [0.2, 0.25) is 0 Å². The number of Topliss-reactive ketones (excluding diaryl/α,β-unsaturated/α-hetero) is 1. The minimum Gasteiger partial charge on any atom is -0.295 e. The number of hydrogen-bond donors (Lipinski definition) is 0. The Hall–Kier alpha value is -0.830. The average Bonchev–Trinajstić information content (AvgIpc) is 2.73. The fraction of sp³-hybridized carbons (Fsp3) is 0.462. The van der Waals surface area contributed by atoms with E-state index in [0.29, 0.717) is 15.7 Å². The third-order valence-corrected chi connectivity index (χ3v) is 4.32. The molecule has 2 rings (SSSR count). The maximum Gasteiger partial charge on any atom is 0.159 e. The molecule has 0 bridgehead atoms. The Morgan fingerprint density at radius 2 is 2.06 bits per heavy atom. The van der Waals surface area contributed by atoms with E-state index in [1.54, 1.807) is 23.9 Å². The van der Waals surface area contributed by atoms with Crippen LogP contribution in [-0.4, -0.2) is 11.0 Å². The molecule has 1 fully saturated rings. The van der Waals surface area contributed by atoms with Crippen LogP contribution in [0.1, 0.15) is 43.0 Å². The van der Waals surface area contributed by atoms with E-state index in [1.807, 2.05) is 0 Å². The van der Waals surface area contributed by atoms with Gasteiger partial charge in [0.1, 0.15) is 5.82 Å². The normalized spacial score (nSPS) is 16.6. The molecule has 1 saturated carbocycles. The minimum absolute atomic E-state index is 0.0867. The maximum atomic E-state index is 13.7. The number of halogens is 1. The lowest BCUT2D eigenvalue weighted by Gasteiger charge is -2.09. The molecule has 0 N–H and O–H groups in total. The maximum absolute atomic E-state index is 13.7. The second-order valence-electron chi connectivity index (χ2n) is 4.23. The zero-order chi connectivity index (χ0) is 11.5. The van der Waals surface area contributed by atoms with Crippen LogP contribution >= 0.6 is 11.8 Å². The first-order chi connectivity index (χ1) is 7.66. The molecule has 0 saturated heterocycles. The van der Waals surface area contributed by atoms with Crippen molar-refractivity contribution < 1.29 is 9.18 Å². The van der Waals surface area contributed by atoms with Crippen LogP contribution < -0.4 is 0 Å². The summed E-state index contributed by atoms with van der Waals surface area (Å²) in [4.78, 5) is 11.8. The molecule has 1 nitrogen and oxygen atoms in total. The summed E-state index contributed by atoms with van der Waals surface area (Å²) < 4.78 is 13.7. The molecule has 1 aliphatic carbocycles. The number of hydrogen-bond acceptors (Lipinski definition) is 2. The van der Waals surface area contributed by atoms with E-state index in [9.17, 15) is 9.18 Å². The van der Waals surface area contributed by atoms with E-state index in [2.05, 4.69) is 0 Å². The summed E-state index contributed by atoms with van der Waals surface area (Å²) in [6, 6.07) is 4.79. The van der Waals surface area contributed by atoms with E-state index in [-0.39, 0.29) is 11.6 Å². The van der Waals surface area contributed by atoms with E-state index in [4.69, 9.17) is 0 Å². The fourth-order valence-electron chi connectivity index (χ4n) is 2.00. The summed E-state index contributed by atoms with van der Waals surface area (Å²) in [6.45, 7) is 1.46. The fourth-order valence-corrected chi connectivity index (χ4v) is 3.25. The van der Waals surface area contributed by atoms with Gasteiger partial charge in [-0.25, -0.2) is 4.39 Å². The zero-order valence-corrected chi connectivity index (χ0v) is 10.1. The Labute approximate surface area is 99.4 Å². The molecular formula is C13H15FOS. The average molecular weight is 238 g/mol. The number of carbonyl (C=O) groups is 1. The molecule has 16 heavy (non-hydrogen) atoms. The Morgan fingerprint density at radius 1 is 1.38 bits per heavy atom. The molecule has 1 aromatic rings. The first-order valence-corrected chi connectivity index (χ1v) is 6.52. The van der Waals surface area contributed by atoms with Gasteiger partial charge in [-0.15, -0.1) is 11.8 Å². The smallest absolute Gasteiger partial charge is 0.159 e. The van der Waals surface area contributed by atoms with Gasteiger partial charge in [0, 0.05) is 15.7 Å². The number of benzene rings is 1. The van der Waals surface area contributed by atoms with Crippen molar-refractivity contribution >= 4 is 17.5 Å². The van der Waals surface area contributed by atoms with Gasteiger partial charge in [0.25, 0.3) is 0 Å². The standard InChI is InChI=1S/C13H15FOS/c1-9(15)10-6-7-13(12(14)8-10)16-11-4-2-3-5-11/h6-8,11H,2-5H2,1H3. The van der Waals surface area contributed by atoms with Gasteiger partial charge in [-0.2, -0.15) is 0 Å². The van der Waals surface area contributed by atoms with Crippen molar-refractivity contribution in [3.63, 3.8) is 0 Å². The third kappa shape index (κ3) is 2.64. The predicted molar refractivity (Wildman–Crippen MR) is 64.5 cm³/mol. The monoisotopic (exact) mass is 238 g/mol. The first kappa shape index (κ1) is 11.6. The third-order valence-electron chi connectivity index (χ3n) is 2.93. The van der Waals surface area contributed by atoms with Crippen LogP contribution in [-0.2, 0) is 0 Å². The van der Waals surface area contributed by atoms with E-state index < -0.39 is 0 Å². The van der Waals surface area contributed by atoms with Gasteiger partial charge in [0.05, 0.1) is 0 Å². The van der Waals surface area contributed by atoms with Crippen LogP contribution in [0.5, 0.6) is 0 Å². The van der Waals surface area contributed by atoms with Crippen molar-refractivity contribution in [2.45, 2.75) is 42.8 Å². The van der Waals surface area contributed by atoms with E-state index in [1.165, 1.54) is 38.7 Å². The predicted octanol–water partition coefficient (Wildman–Crippen LogP) is 4.06. The van der Waals surface area contributed by atoms with Crippen LogP contribution in [0.3, 0.4) is 0 Å². The Morgan fingerprint density at radius 3 is 2.62 bits per heavy atom. The topological polar surface area (TPSA) is 17.1 Å². The lowest BCUT2D eigenvalue weighted by atomic mass is 10.1. The van der Waals surface area contributed by atoms with E-state index in [0.717, 1.165) is 0 Å². The molecule has 1 aromatic carbocycles. The molecule has 0 heterocycles. The van der Waals surface area contributed by atoms with E-state index >= 15 is 0 Å². The summed E-state index contributed by atoms with van der Waals surface area (Å²) in [5.74, 6) is -0.346. The van der Waals surface area contributed by atoms with Gasteiger partial charge in [-0.05, 0) is 31.9 Å². The van der Waals surface area contributed by atoms with Gasteiger partial charge >= 0.3 is 0 Å². The van der Waals surface area contributed by atoms with Crippen molar-refractivity contribution in [3.8, 4) is 0 Å². The minimum atomic E-state index is -0.260. The van der Waals surface area contributed by atoms with Gasteiger partial charge in [-0.1, -0.05) is 18.9 Å². The second kappa shape index (κ2) is 5.00. The lowest BCUT2D eigenvalue weighted by Crippen LogP contribution is -1.97. The highest BCUT2D eigenvalue weighted by Crippen LogP contribution is 2.35. The van der Waals surface area contributed by atoms with Crippen LogP contribution in [0.25, 0.3) is 0 Å². The summed E-state index contributed by atoms with van der Waals surface area (Å²) in [6.07, 6.45) is 4.87. The van der Waals surface area contributed by atoms with Crippen molar-refractivity contribution in [1.29, 1.82) is 0 Å². The highest BCUT2D eigenvalue weighted by Gasteiger charge is 2.18. The molecule has 1 aliphatic rings. The summed E-state index contributed by atoms with van der Waals surface area (Å²) >= 11 is 1.61. The SMILES string of the molecule is CC(=O)c1ccc(SC2CCCC2)c(F)c1. The summed E-state index contributed by atoms with van der Waals surface area (Å²) in [5.41, 5.74) is 0.452. The highest BCUT2D eigenvalue weighted by atomic mass is 32.2. The van der Waals surface area contributed by atoms with Crippen molar-refractivity contribution in [3.05, 3.63) is 29.6 Å². The number of thioether (sulfide) groups is 1. The van der Waals surface area contributed by atoms with Crippen molar-refractivity contribution in [2.75, 3.05) is 0 Å². The van der Waals surface area contributed by atoms with Gasteiger partial charge in [-0.3, -0.25) is 4.79 Å². The molecule has 0 unspecified atom stereocenters. The zero-order valence-electron chi connectivity index (χ0n) is 9.33. The number of ketones is 1. The van der Waals surface area contributed by atoms with Gasteiger partial charge in [0.2, 0.25) is 0 Å². The highest BCUT2D eigenvalue weighted by molar-refractivity contribution is 8.00. The molecule has 86 valence electrons. The summed E-state index contributed by atoms with van der Waals surface area (Å²) in [5, 5.41) is 0.553. The van der Waals surface area contributed by atoms with Gasteiger partial charge in [0.15, 0.2) is 5.78 Å². The van der Waals surface area contributed by atoms with Crippen LogP contribution in [0, 0.1) is 5.82 Å². The number of carbonyl (C=O) groups excluding carboxylic acids is 1. The molecule has 0 atom stereocenters. The largest absolute Gasteiger partial charge is 0.295 e. The Kier molecular flexibility index (Phi) is 3.64. The number of rotatable bonds is 3. The van der Waals surface area contributed by atoms with Crippen molar-refractivity contribution in [2.24, 2.45) is 0 Å². The summed E-state index contributed by atoms with van der Waals surface area (Å²) in [7, 11) is 0. The van der Waals surface area contributed by atoms with Crippen molar-refractivity contribution in [1.82, 2.24) is 0 Å². The Balaban J connectivity index is 2.12. The molecule has 3 heteroatoms. The lowest BCUT2D eigenvalue weighted by molar-refractivity contribution is 0.101. The molecule has 0 radical (unpaired) electrons. The molecular weight excluding hydrogens is 223 g/mol.